The molecule has 0 aromatic carbocycles. The largest absolute Gasteiger partial charge is 0.451 e. The first-order valence-corrected chi connectivity index (χ1v) is 6.64. The highest BCUT2D eigenvalue weighted by Gasteiger charge is 2.29. The van der Waals surface area contributed by atoms with E-state index in [1.165, 1.54) is 6.92 Å². The Morgan fingerprint density at radius 1 is 1.30 bits per heavy atom. The summed E-state index contributed by atoms with van der Waals surface area (Å²) in [6.45, 7) is 7.30. The van der Waals surface area contributed by atoms with Crippen molar-refractivity contribution in [1.29, 1.82) is 0 Å². The van der Waals surface area contributed by atoms with Crippen molar-refractivity contribution < 1.29 is 23.9 Å². The van der Waals surface area contributed by atoms with Gasteiger partial charge >= 0.3 is 12.0 Å². The maximum absolute atomic E-state index is 11.7. The summed E-state index contributed by atoms with van der Waals surface area (Å²) in [7, 11) is 0. The zero-order valence-electron chi connectivity index (χ0n) is 12.3. The number of carbonyl (C=O) groups excluding carboxylic acids is 3. The van der Waals surface area contributed by atoms with Gasteiger partial charge < -0.3 is 14.8 Å². The minimum atomic E-state index is -1.04. The molecule has 1 fully saturated rings. The van der Waals surface area contributed by atoms with Gasteiger partial charge in [0.25, 0.3) is 5.91 Å². The van der Waals surface area contributed by atoms with Crippen LogP contribution in [0.5, 0.6) is 0 Å². The second-order valence-corrected chi connectivity index (χ2v) is 5.77. The van der Waals surface area contributed by atoms with E-state index >= 15 is 0 Å². The van der Waals surface area contributed by atoms with Crippen LogP contribution in [0.1, 0.15) is 40.5 Å². The predicted octanol–water partition coefficient (Wildman–Crippen LogP) is 0.721. The van der Waals surface area contributed by atoms with Crippen LogP contribution in [0.3, 0.4) is 0 Å². The lowest BCUT2D eigenvalue weighted by molar-refractivity contribution is -0.163. The number of amides is 3. The Labute approximate surface area is 118 Å². The van der Waals surface area contributed by atoms with Gasteiger partial charge in [-0.25, -0.2) is 9.59 Å². The molecule has 7 nitrogen and oxygen atoms in total. The third-order valence-corrected chi connectivity index (χ3v) is 2.58. The lowest BCUT2D eigenvalue weighted by Gasteiger charge is -2.21. The van der Waals surface area contributed by atoms with E-state index in [-0.39, 0.29) is 0 Å². The van der Waals surface area contributed by atoms with E-state index in [0.717, 1.165) is 6.42 Å². The second-order valence-electron chi connectivity index (χ2n) is 5.77. The van der Waals surface area contributed by atoms with Gasteiger partial charge in [-0.2, -0.15) is 0 Å². The molecule has 114 valence electrons. The maximum Gasteiger partial charge on any atom is 0.336 e. The van der Waals surface area contributed by atoms with Crippen LogP contribution in [-0.2, 0) is 19.1 Å². The zero-order valence-corrected chi connectivity index (χ0v) is 12.3. The summed E-state index contributed by atoms with van der Waals surface area (Å²) in [5.74, 6) is -1.24. The van der Waals surface area contributed by atoms with E-state index in [4.69, 9.17) is 9.47 Å². The van der Waals surface area contributed by atoms with E-state index in [1.54, 1.807) is 20.8 Å². The average Bonchev–Trinajstić information content (AvgIpc) is 2.79. The van der Waals surface area contributed by atoms with E-state index < -0.39 is 35.7 Å². The molecule has 7 heteroatoms. The summed E-state index contributed by atoms with van der Waals surface area (Å²) in [6.07, 6.45) is -0.252. The summed E-state index contributed by atoms with van der Waals surface area (Å²) in [5.41, 5.74) is -0.456. The van der Waals surface area contributed by atoms with Crippen molar-refractivity contribution in [1.82, 2.24) is 10.6 Å². The van der Waals surface area contributed by atoms with Crippen LogP contribution < -0.4 is 10.6 Å². The summed E-state index contributed by atoms with van der Waals surface area (Å²) < 4.78 is 10.1. The SMILES string of the molecule is C[C@@H](OC(=O)[C@H]1CCCO1)C(=O)NC(=O)NC(C)(C)C. The summed E-state index contributed by atoms with van der Waals surface area (Å²) in [5, 5.41) is 4.70. The molecule has 2 N–H and O–H groups in total. The number of nitrogens with one attached hydrogen (secondary N) is 2. The van der Waals surface area contributed by atoms with Crippen LogP contribution in [0.25, 0.3) is 0 Å². The second kappa shape index (κ2) is 6.69. The number of urea groups is 1. The molecule has 0 radical (unpaired) electrons. The maximum atomic E-state index is 11.7. The van der Waals surface area contributed by atoms with E-state index in [9.17, 15) is 14.4 Å². The fourth-order valence-corrected chi connectivity index (χ4v) is 1.65. The number of hydrogen-bond donors (Lipinski definition) is 2. The van der Waals surface area contributed by atoms with Crippen LogP contribution in [-0.4, -0.2) is 42.3 Å². The fraction of sp³-hybridized carbons (Fsp3) is 0.769. The third-order valence-electron chi connectivity index (χ3n) is 2.58. The molecule has 1 aliphatic rings. The minimum Gasteiger partial charge on any atom is -0.451 e. The van der Waals surface area contributed by atoms with Gasteiger partial charge in [-0.15, -0.1) is 0 Å². The molecule has 0 unspecified atom stereocenters. The van der Waals surface area contributed by atoms with Crippen molar-refractivity contribution in [2.24, 2.45) is 0 Å². The Morgan fingerprint density at radius 3 is 2.45 bits per heavy atom. The molecular formula is C13H22N2O5. The molecule has 0 aliphatic carbocycles. The van der Waals surface area contributed by atoms with Crippen LogP contribution in [0.4, 0.5) is 4.79 Å². The van der Waals surface area contributed by atoms with Gasteiger partial charge in [-0.3, -0.25) is 10.1 Å². The molecule has 20 heavy (non-hydrogen) atoms. The van der Waals surface area contributed by atoms with Gasteiger partial charge in [0.2, 0.25) is 0 Å². The van der Waals surface area contributed by atoms with Gasteiger partial charge in [0.1, 0.15) is 0 Å². The molecule has 0 aromatic heterocycles. The number of hydrogen-bond acceptors (Lipinski definition) is 5. The molecule has 2 atom stereocenters. The highest BCUT2D eigenvalue weighted by Crippen LogP contribution is 2.14. The van der Waals surface area contributed by atoms with Crippen molar-refractivity contribution in [3.63, 3.8) is 0 Å². The van der Waals surface area contributed by atoms with Crippen LogP contribution in [0, 0.1) is 0 Å². The number of carbonyl (C=O) groups is 3. The third kappa shape index (κ3) is 5.56. The number of rotatable bonds is 3. The number of imide groups is 1. The Morgan fingerprint density at radius 2 is 1.95 bits per heavy atom. The molecule has 0 saturated carbocycles. The number of esters is 1. The molecule has 1 rings (SSSR count). The quantitative estimate of drug-likeness (QED) is 0.746. The molecule has 0 aromatic rings. The fourth-order valence-electron chi connectivity index (χ4n) is 1.65. The highest BCUT2D eigenvalue weighted by atomic mass is 16.6. The first kappa shape index (κ1) is 16.4. The van der Waals surface area contributed by atoms with E-state index in [1.807, 2.05) is 0 Å². The van der Waals surface area contributed by atoms with Crippen LogP contribution in [0.15, 0.2) is 0 Å². The van der Waals surface area contributed by atoms with Crippen molar-refractivity contribution >= 4 is 17.9 Å². The topological polar surface area (TPSA) is 93.7 Å². The summed E-state index contributed by atoms with van der Waals surface area (Å²) in [4.78, 5) is 34.9. The van der Waals surface area contributed by atoms with Crippen LogP contribution >= 0.6 is 0 Å². The van der Waals surface area contributed by atoms with Crippen molar-refractivity contribution in [3.05, 3.63) is 0 Å². The Hall–Kier alpha value is -1.63. The van der Waals surface area contributed by atoms with Gasteiger partial charge in [0.15, 0.2) is 12.2 Å². The Kier molecular flexibility index (Phi) is 5.50. The molecule has 1 saturated heterocycles. The summed E-state index contributed by atoms with van der Waals surface area (Å²) in [6, 6.07) is -0.623. The molecular weight excluding hydrogens is 264 g/mol. The molecule has 1 aliphatic heterocycles. The van der Waals surface area contributed by atoms with Crippen molar-refractivity contribution in [2.75, 3.05) is 6.61 Å². The Balaban J connectivity index is 2.38. The molecule has 0 spiro atoms. The summed E-state index contributed by atoms with van der Waals surface area (Å²) >= 11 is 0. The first-order valence-electron chi connectivity index (χ1n) is 6.64. The number of ether oxygens (including phenoxy) is 2. The minimum absolute atomic E-state index is 0.456. The Bertz CT molecular complexity index is 383. The zero-order chi connectivity index (χ0) is 15.3. The van der Waals surface area contributed by atoms with Gasteiger partial charge in [-0.05, 0) is 40.5 Å². The van der Waals surface area contributed by atoms with E-state index in [2.05, 4.69) is 10.6 Å². The highest BCUT2D eigenvalue weighted by molar-refractivity contribution is 5.97. The van der Waals surface area contributed by atoms with Crippen LogP contribution in [0.2, 0.25) is 0 Å². The molecule has 0 bridgehead atoms. The van der Waals surface area contributed by atoms with Crippen molar-refractivity contribution in [3.8, 4) is 0 Å². The smallest absolute Gasteiger partial charge is 0.336 e. The molecule has 3 amide bonds. The predicted molar refractivity (Wildman–Crippen MR) is 71.0 cm³/mol. The standard InChI is InChI=1S/C13H22N2O5/c1-8(20-11(17)9-6-5-7-19-9)10(16)14-12(18)15-13(2,3)4/h8-9H,5-7H2,1-4H3,(H2,14,15,16,18)/t8-,9-/m1/s1. The first-order chi connectivity index (χ1) is 9.19. The average molecular weight is 286 g/mol. The lowest BCUT2D eigenvalue weighted by Crippen LogP contribution is -2.50. The molecule has 1 heterocycles. The van der Waals surface area contributed by atoms with E-state index in [0.29, 0.717) is 13.0 Å². The normalized spacial score (nSPS) is 20.1. The van der Waals surface area contributed by atoms with Gasteiger partial charge in [0, 0.05) is 12.1 Å². The van der Waals surface area contributed by atoms with Crippen molar-refractivity contribution in [2.45, 2.75) is 58.3 Å². The van der Waals surface area contributed by atoms with Gasteiger partial charge in [-0.1, -0.05) is 0 Å². The lowest BCUT2D eigenvalue weighted by atomic mass is 10.1. The monoisotopic (exact) mass is 286 g/mol. The van der Waals surface area contributed by atoms with Gasteiger partial charge in [0.05, 0.1) is 0 Å².